The molecule has 1 aliphatic rings. The SMILES string of the molecule is CC1(C)C(=O)NC(=O)CN1S(=O)(=O)c1ccc(N)c(F)c1. The van der Waals surface area contributed by atoms with Crippen molar-refractivity contribution in [3.05, 3.63) is 24.0 Å². The Morgan fingerprint density at radius 3 is 2.52 bits per heavy atom. The summed E-state index contributed by atoms with van der Waals surface area (Å²) in [4.78, 5) is 22.9. The fraction of sp³-hybridized carbons (Fsp3) is 0.333. The molecular weight excluding hydrogens is 301 g/mol. The molecule has 0 aliphatic carbocycles. The number of carbonyl (C=O) groups is 2. The fourth-order valence-electron chi connectivity index (χ4n) is 1.94. The van der Waals surface area contributed by atoms with Gasteiger partial charge in [0, 0.05) is 0 Å². The first-order valence-electron chi connectivity index (χ1n) is 5.99. The van der Waals surface area contributed by atoms with Gasteiger partial charge >= 0.3 is 0 Å². The van der Waals surface area contributed by atoms with Crippen LogP contribution in [0.15, 0.2) is 23.1 Å². The molecular formula is C12H14FN3O4S. The summed E-state index contributed by atoms with van der Waals surface area (Å²) >= 11 is 0. The van der Waals surface area contributed by atoms with Gasteiger partial charge in [-0.05, 0) is 32.0 Å². The molecule has 9 heteroatoms. The maximum atomic E-state index is 13.5. The number of halogens is 1. The summed E-state index contributed by atoms with van der Waals surface area (Å²) in [5.74, 6) is -2.36. The number of piperazine rings is 1. The molecule has 114 valence electrons. The zero-order chi connectivity index (χ0) is 16.0. The molecule has 1 aromatic rings. The highest BCUT2D eigenvalue weighted by Gasteiger charge is 2.47. The number of nitrogen functional groups attached to an aromatic ring is 1. The van der Waals surface area contributed by atoms with Crippen LogP contribution in [0.1, 0.15) is 13.8 Å². The van der Waals surface area contributed by atoms with Gasteiger partial charge in [-0.25, -0.2) is 12.8 Å². The van der Waals surface area contributed by atoms with Crippen LogP contribution in [0.5, 0.6) is 0 Å². The van der Waals surface area contributed by atoms with Gasteiger partial charge in [0.25, 0.3) is 0 Å². The van der Waals surface area contributed by atoms with Crippen LogP contribution < -0.4 is 11.1 Å². The average Bonchev–Trinajstić information content (AvgIpc) is 2.37. The van der Waals surface area contributed by atoms with Gasteiger partial charge in [-0.1, -0.05) is 0 Å². The second-order valence-electron chi connectivity index (χ2n) is 5.13. The molecule has 7 nitrogen and oxygen atoms in total. The van der Waals surface area contributed by atoms with E-state index in [9.17, 15) is 22.4 Å². The number of nitrogens with zero attached hydrogens (tertiary/aromatic N) is 1. The normalized spacial score (nSPS) is 19.4. The number of carbonyl (C=O) groups excluding carboxylic acids is 2. The van der Waals surface area contributed by atoms with Crippen molar-refractivity contribution in [1.82, 2.24) is 9.62 Å². The summed E-state index contributed by atoms with van der Waals surface area (Å²) in [5, 5.41) is 2.07. The molecule has 2 rings (SSSR count). The van der Waals surface area contributed by atoms with Gasteiger partial charge in [0.15, 0.2) is 0 Å². The molecule has 1 aliphatic heterocycles. The van der Waals surface area contributed by atoms with Gasteiger partial charge < -0.3 is 5.73 Å². The van der Waals surface area contributed by atoms with Gasteiger partial charge in [0.2, 0.25) is 21.8 Å². The molecule has 2 amide bonds. The summed E-state index contributed by atoms with van der Waals surface area (Å²) in [5.41, 5.74) is 3.64. The number of hydrogen-bond acceptors (Lipinski definition) is 5. The minimum Gasteiger partial charge on any atom is -0.396 e. The Hall–Kier alpha value is -2.00. The van der Waals surface area contributed by atoms with E-state index in [1.807, 2.05) is 0 Å². The van der Waals surface area contributed by atoms with Crippen molar-refractivity contribution in [3.63, 3.8) is 0 Å². The van der Waals surface area contributed by atoms with Crippen LogP contribution >= 0.6 is 0 Å². The Labute approximate surface area is 121 Å². The maximum absolute atomic E-state index is 13.5. The summed E-state index contributed by atoms with van der Waals surface area (Å²) in [7, 11) is -4.22. The zero-order valence-corrected chi connectivity index (χ0v) is 12.2. The number of nitrogens with one attached hydrogen (secondary N) is 1. The molecule has 1 fully saturated rings. The van der Waals surface area contributed by atoms with E-state index in [0.717, 1.165) is 22.5 Å². The van der Waals surface area contributed by atoms with Crippen LogP contribution in [0.2, 0.25) is 0 Å². The molecule has 0 saturated carbocycles. The van der Waals surface area contributed by atoms with Crippen LogP contribution in [-0.2, 0) is 19.6 Å². The van der Waals surface area contributed by atoms with Gasteiger partial charge in [-0.2, -0.15) is 4.31 Å². The zero-order valence-electron chi connectivity index (χ0n) is 11.4. The fourth-order valence-corrected chi connectivity index (χ4v) is 3.66. The number of imide groups is 1. The van der Waals surface area contributed by atoms with E-state index in [1.54, 1.807) is 0 Å². The van der Waals surface area contributed by atoms with Crippen molar-refractivity contribution in [1.29, 1.82) is 0 Å². The lowest BCUT2D eigenvalue weighted by Gasteiger charge is -2.38. The Kier molecular flexibility index (Phi) is 3.50. The maximum Gasteiger partial charge on any atom is 0.247 e. The second kappa shape index (κ2) is 4.78. The number of sulfonamides is 1. The second-order valence-corrected chi connectivity index (χ2v) is 6.99. The number of benzene rings is 1. The monoisotopic (exact) mass is 315 g/mol. The lowest BCUT2D eigenvalue weighted by Crippen LogP contribution is -2.65. The largest absolute Gasteiger partial charge is 0.396 e. The molecule has 0 aromatic heterocycles. The highest BCUT2D eigenvalue weighted by atomic mass is 32.2. The smallest absolute Gasteiger partial charge is 0.247 e. The molecule has 1 heterocycles. The summed E-state index contributed by atoms with van der Waals surface area (Å²) < 4.78 is 39.3. The van der Waals surface area contributed by atoms with Crippen LogP contribution in [-0.4, -0.2) is 36.6 Å². The van der Waals surface area contributed by atoms with E-state index >= 15 is 0 Å². The molecule has 1 saturated heterocycles. The molecule has 3 N–H and O–H groups in total. The van der Waals surface area contributed by atoms with Crippen LogP contribution in [0, 0.1) is 5.82 Å². The highest BCUT2D eigenvalue weighted by molar-refractivity contribution is 7.89. The Balaban J connectivity index is 2.53. The molecule has 0 bridgehead atoms. The standard InChI is InChI=1S/C12H14FN3O4S/c1-12(2)11(18)15-10(17)6-16(12)21(19,20)7-3-4-9(14)8(13)5-7/h3-5H,6,14H2,1-2H3,(H,15,17,18). The van der Waals surface area contributed by atoms with Crippen molar-refractivity contribution >= 4 is 27.5 Å². The van der Waals surface area contributed by atoms with Crippen LogP contribution in [0.3, 0.4) is 0 Å². The average molecular weight is 315 g/mol. The Morgan fingerprint density at radius 1 is 1.33 bits per heavy atom. The molecule has 0 unspecified atom stereocenters. The summed E-state index contributed by atoms with van der Waals surface area (Å²) in [6, 6.07) is 3.00. The molecule has 0 atom stereocenters. The van der Waals surface area contributed by atoms with Gasteiger partial charge in [-0.3, -0.25) is 14.9 Å². The Bertz CT molecular complexity index is 730. The van der Waals surface area contributed by atoms with Gasteiger partial charge in [-0.15, -0.1) is 0 Å². The van der Waals surface area contributed by atoms with Crippen molar-refractivity contribution in [3.8, 4) is 0 Å². The number of anilines is 1. The van der Waals surface area contributed by atoms with Gasteiger partial charge in [0.05, 0.1) is 17.1 Å². The van der Waals surface area contributed by atoms with Crippen molar-refractivity contribution in [2.75, 3.05) is 12.3 Å². The lowest BCUT2D eigenvalue weighted by molar-refractivity contribution is -0.141. The predicted molar refractivity (Wildman–Crippen MR) is 71.9 cm³/mol. The van der Waals surface area contributed by atoms with E-state index in [2.05, 4.69) is 5.32 Å². The van der Waals surface area contributed by atoms with Crippen molar-refractivity contribution in [2.45, 2.75) is 24.3 Å². The highest BCUT2D eigenvalue weighted by Crippen LogP contribution is 2.28. The molecule has 0 spiro atoms. The summed E-state index contributed by atoms with van der Waals surface area (Å²) in [6.07, 6.45) is 0. The van der Waals surface area contributed by atoms with Gasteiger partial charge in [0.1, 0.15) is 11.4 Å². The first-order valence-corrected chi connectivity index (χ1v) is 7.43. The molecule has 1 aromatic carbocycles. The minimum atomic E-state index is -4.22. The quantitative estimate of drug-likeness (QED) is 0.582. The van der Waals surface area contributed by atoms with Crippen molar-refractivity contribution < 1.29 is 22.4 Å². The summed E-state index contributed by atoms with van der Waals surface area (Å²) in [6.45, 7) is 2.20. The van der Waals surface area contributed by atoms with E-state index in [-0.39, 0.29) is 10.6 Å². The van der Waals surface area contributed by atoms with E-state index in [4.69, 9.17) is 5.73 Å². The first kappa shape index (κ1) is 15.4. The number of hydrogen-bond donors (Lipinski definition) is 2. The van der Waals surface area contributed by atoms with Crippen LogP contribution in [0.4, 0.5) is 10.1 Å². The topological polar surface area (TPSA) is 110 Å². The number of rotatable bonds is 2. The lowest BCUT2D eigenvalue weighted by atomic mass is 10.0. The number of nitrogens with two attached hydrogens (primary N) is 1. The third-order valence-electron chi connectivity index (χ3n) is 3.28. The van der Waals surface area contributed by atoms with Crippen LogP contribution in [0.25, 0.3) is 0 Å². The van der Waals surface area contributed by atoms with Crippen molar-refractivity contribution in [2.24, 2.45) is 0 Å². The molecule has 21 heavy (non-hydrogen) atoms. The number of amides is 2. The third kappa shape index (κ3) is 2.49. The van der Waals surface area contributed by atoms with E-state index < -0.39 is 39.7 Å². The minimum absolute atomic E-state index is 0.194. The Morgan fingerprint density at radius 2 is 1.95 bits per heavy atom. The van der Waals surface area contributed by atoms with E-state index in [0.29, 0.717) is 0 Å². The third-order valence-corrected chi connectivity index (χ3v) is 5.29. The first-order chi connectivity index (χ1) is 9.56. The molecule has 0 radical (unpaired) electrons. The predicted octanol–water partition coefficient (Wildman–Crippen LogP) is -0.166. The van der Waals surface area contributed by atoms with E-state index in [1.165, 1.54) is 13.8 Å².